The largest absolute Gasteiger partial charge is 0.486 e. The molecule has 0 unspecified atom stereocenters. The summed E-state index contributed by atoms with van der Waals surface area (Å²) in [4.78, 5) is 4.25. The Hall–Kier alpha value is -1.75. The summed E-state index contributed by atoms with van der Waals surface area (Å²) in [5.41, 5.74) is 1.05. The van der Waals surface area contributed by atoms with Crippen molar-refractivity contribution in [2.75, 3.05) is 25.1 Å². The van der Waals surface area contributed by atoms with E-state index >= 15 is 0 Å². The predicted molar refractivity (Wildman–Crippen MR) is 71.7 cm³/mol. The van der Waals surface area contributed by atoms with Gasteiger partial charge >= 0.3 is 0 Å². The molecule has 0 amide bonds. The zero-order valence-corrected chi connectivity index (χ0v) is 10.7. The van der Waals surface area contributed by atoms with Crippen LogP contribution in [-0.2, 0) is 6.42 Å². The number of rotatable bonds is 4. The van der Waals surface area contributed by atoms with E-state index < -0.39 is 0 Å². The third-order valence-electron chi connectivity index (χ3n) is 2.69. The van der Waals surface area contributed by atoms with Gasteiger partial charge in [0.25, 0.3) is 0 Å². The van der Waals surface area contributed by atoms with E-state index in [1.807, 2.05) is 29.8 Å². The van der Waals surface area contributed by atoms with Crippen molar-refractivity contribution in [1.82, 2.24) is 4.98 Å². The summed E-state index contributed by atoms with van der Waals surface area (Å²) in [6.07, 6.45) is 2.77. The molecule has 94 valence electrons. The van der Waals surface area contributed by atoms with Crippen molar-refractivity contribution in [3.63, 3.8) is 0 Å². The summed E-state index contributed by atoms with van der Waals surface area (Å²) < 4.78 is 11.0. The van der Waals surface area contributed by atoms with Crippen molar-refractivity contribution in [1.29, 1.82) is 0 Å². The number of nitrogens with zero attached hydrogens (tertiary/aromatic N) is 1. The van der Waals surface area contributed by atoms with Gasteiger partial charge in [-0.3, -0.25) is 0 Å². The van der Waals surface area contributed by atoms with E-state index in [1.165, 1.54) is 0 Å². The van der Waals surface area contributed by atoms with Crippen molar-refractivity contribution in [3.05, 3.63) is 34.8 Å². The molecule has 1 N–H and O–H groups in total. The van der Waals surface area contributed by atoms with Crippen LogP contribution in [0.15, 0.2) is 29.8 Å². The van der Waals surface area contributed by atoms with Gasteiger partial charge in [0.15, 0.2) is 11.5 Å². The van der Waals surface area contributed by atoms with E-state index in [4.69, 9.17) is 9.47 Å². The van der Waals surface area contributed by atoms with E-state index in [2.05, 4.69) is 10.3 Å². The van der Waals surface area contributed by atoms with Crippen LogP contribution in [0.2, 0.25) is 0 Å². The maximum absolute atomic E-state index is 5.54. The van der Waals surface area contributed by atoms with E-state index in [0.29, 0.717) is 13.2 Å². The lowest BCUT2D eigenvalue weighted by molar-refractivity contribution is 0.171. The van der Waals surface area contributed by atoms with Crippen LogP contribution in [0.1, 0.15) is 5.01 Å². The molecule has 1 aromatic heterocycles. The number of nitrogens with one attached hydrogen (secondary N) is 1. The first-order chi connectivity index (χ1) is 8.92. The maximum atomic E-state index is 5.54. The van der Waals surface area contributed by atoms with Gasteiger partial charge in [0.2, 0.25) is 0 Å². The number of hydrogen-bond donors (Lipinski definition) is 1. The van der Waals surface area contributed by atoms with Crippen LogP contribution in [-0.4, -0.2) is 24.7 Å². The monoisotopic (exact) mass is 262 g/mol. The molecule has 1 aromatic carbocycles. The zero-order chi connectivity index (χ0) is 12.2. The molecule has 1 aliphatic rings. The summed E-state index contributed by atoms with van der Waals surface area (Å²) in [5.74, 6) is 1.65. The van der Waals surface area contributed by atoms with Crippen LogP contribution in [0, 0.1) is 0 Å². The lowest BCUT2D eigenvalue weighted by atomic mass is 10.2. The van der Waals surface area contributed by atoms with Crippen LogP contribution >= 0.6 is 11.3 Å². The maximum Gasteiger partial charge on any atom is 0.163 e. The van der Waals surface area contributed by atoms with Crippen molar-refractivity contribution < 1.29 is 9.47 Å². The quantitative estimate of drug-likeness (QED) is 0.919. The standard InChI is InChI=1S/C13H14N2O2S/c1-2-11-12(17-7-6-16-11)9-10(1)14-4-3-13-15-5-8-18-13/h1-2,5,8-9,14H,3-4,6-7H2. The molecular formula is C13H14N2O2S. The molecule has 0 saturated carbocycles. The fraction of sp³-hybridized carbons (Fsp3) is 0.308. The normalized spacial score (nSPS) is 13.3. The molecular weight excluding hydrogens is 248 g/mol. The van der Waals surface area contributed by atoms with Crippen LogP contribution < -0.4 is 14.8 Å². The molecule has 0 spiro atoms. The minimum atomic E-state index is 0.621. The van der Waals surface area contributed by atoms with Gasteiger partial charge in [0.1, 0.15) is 13.2 Å². The first-order valence-electron chi connectivity index (χ1n) is 5.94. The van der Waals surface area contributed by atoms with Crippen LogP contribution in [0.3, 0.4) is 0 Å². The summed E-state index contributed by atoms with van der Waals surface area (Å²) in [6, 6.07) is 5.94. The summed E-state index contributed by atoms with van der Waals surface area (Å²) in [7, 11) is 0. The fourth-order valence-electron chi connectivity index (χ4n) is 1.84. The Morgan fingerprint density at radius 3 is 2.94 bits per heavy atom. The Kier molecular flexibility index (Phi) is 3.32. The number of benzene rings is 1. The summed E-state index contributed by atoms with van der Waals surface area (Å²) in [5, 5.41) is 6.52. The molecule has 0 aliphatic carbocycles. The van der Waals surface area contributed by atoms with Crippen LogP contribution in [0.25, 0.3) is 0 Å². The SMILES string of the molecule is c1csc(CCNc2ccc3c(c2)OCCO3)n1. The highest BCUT2D eigenvalue weighted by Crippen LogP contribution is 2.32. The van der Waals surface area contributed by atoms with E-state index in [9.17, 15) is 0 Å². The number of hydrogen-bond acceptors (Lipinski definition) is 5. The molecule has 0 fully saturated rings. The van der Waals surface area contributed by atoms with E-state index in [1.54, 1.807) is 11.3 Å². The lowest BCUT2D eigenvalue weighted by Crippen LogP contribution is -2.15. The zero-order valence-electron chi connectivity index (χ0n) is 9.89. The van der Waals surface area contributed by atoms with Gasteiger partial charge < -0.3 is 14.8 Å². The molecule has 4 nitrogen and oxygen atoms in total. The third kappa shape index (κ3) is 2.56. The molecule has 0 bridgehead atoms. The Balaban J connectivity index is 1.59. The van der Waals surface area contributed by atoms with Gasteiger partial charge in [-0.2, -0.15) is 0 Å². The second kappa shape index (κ2) is 5.27. The first kappa shape index (κ1) is 11.3. The van der Waals surface area contributed by atoms with Gasteiger partial charge in [0.05, 0.1) is 5.01 Å². The molecule has 0 saturated heterocycles. The Labute approximate surface area is 110 Å². The Morgan fingerprint density at radius 1 is 1.22 bits per heavy atom. The number of ether oxygens (including phenoxy) is 2. The van der Waals surface area contributed by atoms with Crippen molar-refractivity contribution >= 4 is 17.0 Å². The van der Waals surface area contributed by atoms with E-state index in [-0.39, 0.29) is 0 Å². The van der Waals surface area contributed by atoms with Gasteiger partial charge in [-0.25, -0.2) is 4.98 Å². The third-order valence-corrected chi connectivity index (χ3v) is 3.53. The number of anilines is 1. The average Bonchev–Trinajstić information content (AvgIpc) is 2.92. The minimum absolute atomic E-state index is 0.621. The highest BCUT2D eigenvalue weighted by Gasteiger charge is 2.11. The molecule has 2 aromatic rings. The second-order valence-electron chi connectivity index (χ2n) is 3.96. The number of fused-ring (bicyclic) bond motifs is 1. The number of thiazole rings is 1. The highest BCUT2D eigenvalue weighted by molar-refractivity contribution is 7.09. The fourth-order valence-corrected chi connectivity index (χ4v) is 2.46. The predicted octanol–water partition coefficient (Wildman–Crippen LogP) is 2.57. The highest BCUT2D eigenvalue weighted by atomic mass is 32.1. The van der Waals surface area contributed by atoms with E-state index in [0.717, 1.165) is 35.2 Å². The molecule has 3 rings (SSSR count). The van der Waals surface area contributed by atoms with Gasteiger partial charge in [-0.1, -0.05) is 0 Å². The first-order valence-corrected chi connectivity index (χ1v) is 6.82. The summed E-state index contributed by atoms with van der Waals surface area (Å²) in [6.45, 7) is 2.12. The van der Waals surface area contributed by atoms with Gasteiger partial charge in [-0.05, 0) is 12.1 Å². The van der Waals surface area contributed by atoms with Gasteiger partial charge in [-0.15, -0.1) is 11.3 Å². The molecule has 1 aliphatic heterocycles. The molecule has 0 radical (unpaired) electrons. The topological polar surface area (TPSA) is 43.4 Å². The lowest BCUT2D eigenvalue weighted by Gasteiger charge is -2.19. The molecule has 18 heavy (non-hydrogen) atoms. The molecule has 0 atom stereocenters. The molecule has 2 heterocycles. The van der Waals surface area contributed by atoms with Crippen molar-refractivity contribution in [2.24, 2.45) is 0 Å². The van der Waals surface area contributed by atoms with Gasteiger partial charge in [0, 0.05) is 36.3 Å². The number of aromatic nitrogens is 1. The average molecular weight is 262 g/mol. The Bertz CT molecular complexity index is 514. The smallest absolute Gasteiger partial charge is 0.163 e. The van der Waals surface area contributed by atoms with Crippen LogP contribution in [0.4, 0.5) is 5.69 Å². The van der Waals surface area contributed by atoms with Crippen molar-refractivity contribution in [2.45, 2.75) is 6.42 Å². The minimum Gasteiger partial charge on any atom is -0.486 e. The second-order valence-corrected chi connectivity index (χ2v) is 4.94. The summed E-state index contributed by atoms with van der Waals surface area (Å²) >= 11 is 1.69. The van der Waals surface area contributed by atoms with Crippen LogP contribution in [0.5, 0.6) is 11.5 Å². The molecule has 5 heteroatoms. The Morgan fingerprint density at radius 2 is 2.11 bits per heavy atom. The van der Waals surface area contributed by atoms with Crippen molar-refractivity contribution in [3.8, 4) is 11.5 Å².